The first-order valence-corrected chi connectivity index (χ1v) is 6.92. The quantitative estimate of drug-likeness (QED) is 0.759. The summed E-state index contributed by atoms with van der Waals surface area (Å²) in [6, 6.07) is 7.67. The number of aryl methyl sites for hydroxylation is 3. The Morgan fingerprint density at radius 2 is 2.10 bits per heavy atom. The van der Waals surface area contributed by atoms with Gasteiger partial charge in [-0.15, -0.1) is 0 Å². The zero-order valence-corrected chi connectivity index (χ0v) is 12.2. The fourth-order valence-corrected chi connectivity index (χ4v) is 2.12. The first kappa shape index (κ1) is 14.3. The molecule has 0 amide bonds. The second kappa shape index (κ2) is 6.37. The number of carbonyl (C=O) groups excluding carboxylic acids is 1. The van der Waals surface area contributed by atoms with Crippen LogP contribution in [-0.2, 0) is 19.6 Å². The van der Waals surface area contributed by atoms with Crippen LogP contribution < -0.4 is 4.74 Å². The highest BCUT2D eigenvalue weighted by atomic mass is 16.5. The first-order valence-electron chi connectivity index (χ1n) is 6.92. The fourth-order valence-electron chi connectivity index (χ4n) is 2.12. The Labute approximate surface area is 119 Å². The summed E-state index contributed by atoms with van der Waals surface area (Å²) in [5, 5.41) is 4.48. The van der Waals surface area contributed by atoms with E-state index in [1.54, 1.807) is 0 Å². The Bertz CT molecular complexity index is 603. The molecule has 1 aromatic carbocycles. The van der Waals surface area contributed by atoms with Gasteiger partial charge in [0.05, 0.1) is 17.0 Å². The van der Waals surface area contributed by atoms with Crippen LogP contribution in [0.1, 0.15) is 41.2 Å². The number of aldehydes is 1. The number of hydrogen-bond acceptors (Lipinski definition) is 3. The van der Waals surface area contributed by atoms with E-state index in [4.69, 9.17) is 4.74 Å². The van der Waals surface area contributed by atoms with Gasteiger partial charge in [0.1, 0.15) is 12.4 Å². The molecule has 0 aliphatic heterocycles. The van der Waals surface area contributed by atoms with Crippen LogP contribution in [0, 0.1) is 6.92 Å². The van der Waals surface area contributed by atoms with E-state index >= 15 is 0 Å². The van der Waals surface area contributed by atoms with E-state index in [-0.39, 0.29) is 0 Å². The van der Waals surface area contributed by atoms with Crippen LogP contribution in [0.2, 0.25) is 0 Å². The van der Waals surface area contributed by atoms with Gasteiger partial charge in [-0.2, -0.15) is 5.10 Å². The fraction of sp³-hybridized carbons (Fsp3) is 0.375. The van der Waals surface area contributed by atoms with Gasteiger partial charge in [0.25, 0.3) is 0 Å². The molecule has 1 heterocycles. The molecule has 106 valence electrons. The van der Waals surface area contributed by atoms with Gasteiger partial charge in [-0.05, 0) is 38.5 Å². The molecular formula is C16H20N2O2. The minimum atomic E-state index is 0.421. The van der Waals surface area contributed by atoms with Gasteiger partial charge in [-0.3, -0.25) is 9.48 Å². The highest BCUT2D eigenvalue weighted by molar-refractivity contribution is 5.79. The van der Waals surface area contributed by atoms with E-state index in [1.807, 2.05) is 29.8 Å². The molecule has 2 aromatic rings. The standard InChI is InChI=1S/C16H20N2O2/c1-4-14-9-15(18(5-2)17-14)11-20-16-7-6-12(3)8-13(16)10-19/h6-10H,4-5,11H2,1-3H3. The lowest BCUT2D eigenvalue weighted by Crippen LogP contribution is -2.07. The van der Waals surface area contributed by atoms with Crippen molar-refractivity contribution in [1.29, 1.82) is 0 Å². The Kier molecular flexibility index (Phi) is 4.56. The molecule has 0 aliphatic carbocycles. The van der Waals surface area contributed by atoms with Crippen molar-refractivity contribution in [3.8, 4) is 5.75 Å². The summed E-state index contributed by atoms with van der Waals surface area (Å²) >= 11 is 0. The monoisotopic (exact) mass is 272 g/mol. The van der Waals surface area contributed by atoms with Crippen LogP contribution in [0.4, 0.5) is 0 Å². The Hall–Kier alpha value is -2.10. The Morgan fingerprint density at radius 1 is 1.30 bits per heavy atom. The van der Waals surface area contributed by atoms with Gasteiger partial charge in [-0.1, -0.05) is 18.6 Å². The van der Waals surface area contributed by atoms with Crippen LogP contribution in [0.15, 0.2) is 24.3 Å². The van der Waals surface area contributed by atoms with E-state index in [1.165, 1.54) is 0 Å². The van der Waals surface area contributed by atoms with Crippen molar-refractivity contribution in [2.75, 3.05) is 0 Å². The predicted octanol–water partition coefficient (Wildman–Crippen LogP) is 3.17. The summed E-state index contributed by atoms with van der Waals surface area (Å²) < 4.78 is 7.72. The van der Waals surface area contributed by atoms with Crippen molar-refractivity contribution in [2.45, 2.75) is 40.3 Å². The van der Waals surface area contributed by atoms with Gasteiger partial charge >= 0.3 is 0 Å². The van der Waals surface area contributed by atoms with Gasteiger partial charge < -0.3 is 4.74 Å². The molecule has 0 aliphatic rings. The van der Waals surface area contributed by atoms with E-state index in [0.717, 1.165) is 36.2 Å². The van der Waals surface area contributed by atoms with Gasteiger partial charge in [-0.25, -0.2) is 0 Å². The average Bonchev–Trinajstić information content (AvgIpc) is 2.88. The Morgan fingerprint density at radius 3 is 2.75 bits per heavy atom. The van der Waals surface area contributed by atoms with Crippen molar-refractivity contribution in [3.05, 3.63) is 46.8 Å². The molecule has 0 saturated heterocycles. The van der Waals surface area contributed by atoms with Gasteiger partial charge in [0.15, 0.2) is 6.29 Å². The normalized spacial score (nSPS) is 10.6. The van der Waals surface area contributed by atoms with Gasteiger partial charge in [0, 0.05) is 6.54 Å². The number of carbonyl (C=O) groups is 1. The predicted molar refractivity (Wildman–Crippen MR) is 78.2 cm³/mol. The maximum absolute atomic E-state index is 11.1. The number of aromatic nitrogens is 2. The highest BCUT2D eigenvalue weighted by Gasteiger charge is 2.08. The third-order valence-corrected chi connectivity index (χ3v) is 3.24. The Balaban J connectivity index is 2.16. The largest absolute Gasteiger partial charge is 0.487 e. The molecule has 20 heavy (non-hydrogen) atoms. The third kappa shape index (κ3) is 3.07. The van der Waals surface area contributed by atoms with Crippen LogP contribution in [0.25, 0.3) is 0 Å². The number of rotatable bonds is 6. The van der Waals surface area contributed by atoms with E-state index in [0.29, 0.717) is 17.9 Å². The number of nitrogens with zero attached hydrogens (tertiary/aromatic N) is 2. The topological polar surface area (TPSA) is 44.1 Å². The summed E-state index contributed by atoms with van der Waals surface area (Å²) in [5.74, 6) is 0.618. The lowest BCUT2D eigenvalue weighted by molar-refractivity contribution is 0.111. The molecule has 0 spiro atoms. The average molecular weight is 272 g/mol. The lowest BCUT2D eigenvalue weighted by Gasteiger charge is -2.10. The summed E-state index contributed by atoms with van der Waals surface area (Å²) in [6.07, 6.45) is 1.74. The van der Waals surface area contributed by atoms with Crippen molar-refractivity contribution in [2.24, 2.45) is 0 Å². The summed E-state index contributed by atoms with van der Waals surface area (Å²) in [6.45, 7) is 7.32. The molecule has 1 aromatic heterocycles. The molecule has 4 nitrogen and oxygen atoms in total. The molecule has 0 fully saturated rings. The van der Waals surface area contributed by atoms with Gasteiger partial charge in [0.2, 0.25) is 0 Å². The van der Waals surface area contributed by atoms with Crippen LogP contribution >= 0.6 is 0 Å². The second-order valence-corrected chi connectivity index (χ2v) is 4.74. The van der Waals surface area contributed by atoms with Crippen molar-refractivity contribution >= 4 is 6.29 Å². The molecule has 0 bridgehead atoms. The summed E-state index contributed by atoms with van der Waals surface area (Å²) in [4.78, 5) is 11.1. The van der Waals surface area contributed by atoms with Crippen LogP contribution in [0.3, 0.4) is 0 Å². The first-order chi connectivity index (χ1) is 9.67. The maximum Gasteiger partial charge on any atom is 0.153 e. The number of ether oxygens (including phenoxy) is 1. The number of hydrogen-bond donors (Lipinski definition) is 0. The van der Waals surface area contributed by atoms with Crippen molar-refractivity contribution in [1.82, 2.24) is 9.78 Å². The lowest BCUT2D eigenvalue weighted by atomic mass is 10.1. The van der Waals surface area contributed by atoms with E-state index in [2.05, 4.69) is 25.0 Å². The summed E-state index contributed by atoms with van der Waals surface area (Å²) in [5.41, 5.74) is 3.72. The SMILES string of the molecule is CCc1cc(COc2ccc(C)cc2C=O)n(CC)n1. The number of benzene rings is 1. The van der Waals surface area contributed by atoms with E-state index in [9.17, 15) is 4.79 Å². The molecule has 0 saturated carbocycles. The second-order valence-electron chi connectivity index (χ2n) is 4.74. The maximum atomic E-state index is 11.1. The molecule has 0 radical (unpaired) electrons. The molecule has 0 atom stereocenters. The summed E-state index contributed by atoms with van der Waals surface area (Å²) in [7, 11) is 0. The molecule has 4 heteroatoms. The third-order valence-electron chi connectivity index (χ3n) is 3.24. The molecule has 0 unspecified atom stereocenters. The van der Waals surface area contributed by atoms with E-state index < -0.39 is 0 Å². The molecular weight excluding hydrogens is 252 g/mol. The molecule has 2 rings (SSSR count). The zero-order valence-electron chi connectivity index (χ0n) is 12.2. The van der Waals surface area contributed by atoms with Crippen molar-refractivity contribution < 1.29 is 9.53 Å². The minimum Gasteiger partial charge on any atom is -0.487 e. The van der Waals surface area contributed by atoms with Crippen LogP contribution in [0.5, 0.6) is 5.75 Å². The highest BCUT2D eigenvalue weighted by Crippen LogP contribution is 2.20. The minimum absolute atomic E-state index is 0.421. The molecule has 0 N–H and O–H groups in total. The van der Waals surface area contributed by atoms with Crippen molar-refractivity contribution in [3.63, 3.8) is 0 Å². The smallest absolute Gasteiger partial charge is 0.153 e. The zero-order chi connectivity index (χ0) is 14.5. The van der Waals surface area contributed by atoms with Crippen LogP contribution in [-0.4, -0.2) is 16.1 Å².